The molecule has 1 fully saturated rings. The molecule has 4 rings (SSSR count). The third kappa shape index (κ3) is 7.95. The number of cyclic esters (lactones) is 1. The van der Waals surface area contributed by atoms with Crippen LogP contribution in [0.3, 0.4) is 0 Å². The van der Waals surface area contributed by atoms with Crippen molar-refractivity contribution >= 4 is 46.9 Å². The standard InChI is InChI=1S/C30H34N4O9/c1-3-4-14-41-30-21(15-27(38)43-30)31-25(36)17-34-24-13-9-8-12-23(24)33(26(37)18-42-19(2)35)16-22(29(34)40)32-28(39)20-10-6-5-7-11-20/h5-13,21-22,30H,3-4,14-18H2,1-2H3,(H,31,36)(H,32,39)/t21-,22-,30+/m0/s1. The second-order valence-electron chi connectivity index (χ2n) is 10.1. The molecule has 4 amide bonds. The average molecular weight is 595 g/mol. The van der Waals surface area contributed by atoms with Gasteiger partial charge in [-0.2, -0.15) is 0 Å². The van der Waals surface area contributed by atoms with Crippen molar-refractivity contribution in [2.24, 2.45) is 0 Å². The third-order valence-electron chi connectivity index (χ3n) is 6.82. The topological polar surface area (TPSA) is 161 Å². The monoisotopic (exact) mass is 594 g/mol. The summed E-state index contributed by atoms with van der Waals surface area (Å²) >= 11 is 0. The van der Waals surface area contributed by atoms with Crippen LogP contribution in [-0.4, -0.2) is 80.2 Å². The number of fused-ring (bicyclic) bond motifs is 1. The summed E-state index contributed by atoms with van der Waals surface area (Å²) < 4.78 is 15.8. The zero-order valence-corrected chi connectivity index (χ0v) is 23.9. The third-order valence-corrected chi connectivity index (χ3v) is 6.82. The summed E-state index contributed by atoms with van der Waals surface area (Å²) in [6, 6.07) is 12.6. The number of nitrogens with one attached hydrogen (secondary N) is 2. The van der Waals surface area contributed by atoms with Gasteiger partial charge in [0, 0.05) is 12.5 Å². The summed E-state index contributed by atoms with van der Waals surface area (Å²) in [4.78, 5) is 79.4. The summed E-state index contributed by atoms with van der Waals surface area (Å²) in [7, 11) is 0. The van der Waals surface area contributed by atoms with Gasteiger partial charge in [0.2, 0.25) is 12.2 Å². The van der Waals surface area contributed by atoms with Crippen LogP contribution in [0.4, 0.5) is 11.4 Å². The fourth-order valence-electron chi connectivity index (χ4n) is 4.71. The summed E-state index contributed by atoms with van der Waals surface area (Å²) in [5, 5.41) is 5.40. The number of para-hydroxylation sites is 2. The van der Waals surface area contributed by atoms with Crippen LogP contribution in [0.2, 0.25) is 0 Å². The van der Waals surface area contributed by atoms with Gasteiger partial charge in [0.25, 0.3) is 17.7 Å². The summed E-state index contributed by atoms with van der Waals surface area (Å²) in [5.74, 6) is -3.63. The van der Waals surface area contributed by atoms with E-state index >= 15 is 0 Å². The van der Waals surface area contributed by atoms with Gasteiger partial charge in [-0.15, -0.1) is 0 Å². The number of hydrogen-bond acceptors (Lipinski definition) is 9. The molecule has 0 radical (unpaired) electrons. The molecule has 228 valence electrons. The molecule has 13 heteroatoms. The largest absolute Gasteiger partial charge is 0.456 e. The minimum absolute atomic E-state index is 0.0960. The number of rotatable bonds is 11. The minimum Gasteiger partial charge on any atom is -0.456 e. The Morgan fingerprint density at radius 1 is 0.977 bits per heavy atom. The van der Waals surface area contributed by atoms with Gasteiger partial charge in [-0.3, -0.25) is 33.7 Å². The Hall–Kier alpha value is -4.78. The highest BCUT2D eigenvalue weighted by molar-refractivity contribution is 6.11. The molecule has 0 spiro atoms. The van der Waals surface area contributed by atoms with Crippen molar-refractivity contribution in [2.45, 2.75) is 51.5 Å². The van der Waals surface area contributed by atoms with E-state index < -0.39 is 67.1 Å². The van der Waals surface area contributed by atoms with E-state index in [1.807, 2.05) is 6.92 Å². The van der Waals surface area contributed by atoms with E-state index in [4.69, 9.17) is 14.2 Å². The molecule has 2 aromatic rings. The van der Waals surface area contributed by atoms with Crippen molar-refractivity contribution in [3.8, 4) is 0 Å². The van der Waals surface area contributed by atoms with E-state index in [0.717, 1.165) is 12.8 Å². The van der Waals surface area contributed by atoms with Crippen LogP contribution in [-0.2, 0) is 38.2 Å². The normalized spacial score (nSPS) is 19.6. The van der Waals surface area contributed by atoms with Crippen LogP contribution in [0.1, 0.15) is 43.5 Å². The van der Waals surface area contributed by atoms with Crippen molar-refractivity contribution in [2.75, 3.05) is 36.1 Å². The molecule has 0 saturated carbocycles. The van der Waals surface area contributed by atoms with E-state index in [2.05, 4.69) is 10.6 Å². The first-order chi connectivity index (χ1) is 20.7. The van der Waals surface area contributed by atoms with Crippen LogP contribution in [0, 0.1) is 0 Å². The smallest absolute Gasteiger partial charge is 0.310 e. The van der Waals surface area contributed by atoms with Gasteiger partial charge in [0.15, 0.2) is 6.61 Å². The second kappa shape index (κ2) is 14.4. The van der Waals surface area contributed by atoms with E-state index in [1.165, 1.54) is 16.7 Å². The van der Waals surface area contributed by atoms with Crippen molar-refractivity contribution in [1.82, 2.24) is 10.6 Å². The Morgan fingerprint density at radius 2 is 1.67 bits per heavy atom. The Bertz CT molecular complexity index is 1370. The molecular weight excluding hydrogens is 560 g/mol. The number of carbonyl (C=O) groups is 6. The number of unbranched alkanes of at least 4 members (excludes halogenated alkanes) is 1. The number of nitrogens with zero attached hydrogens (tertiary/aromatic N) is 2. The molecule has 0 unspecified atom stereocenters. The molecule has 43 heavy (non-hydrogen) atoms. The number of amides is 4. The Morgan fingerprint density at radius 3 is 2.37 bits per heavy atom. The maximum absolute atomic E-state index is 14.0. The zero-order chi connectivity index (χ0) is 30.9. The van der Waals surface area contributed by atoms with Gasteiger partial charge in [-0.25, -0.2) is 0 Å². The van der Waals surface area contributed by atoms with Gasteiger partial charge in [0.05, 0.1) is 30.9 Å². The van der Waals surface area contributed by atoms with Crippen molar-refractivity contribution < 1.29 is 43.0 Å². The Kier molecular flexibility index (Phi) is 10.4. The predicted molar refractivity (Wildman–Crippen MR) is 153 cm³/mol. The summed E-state index contributed by atoms with van der Waals surface area (Å²) in [5.41, 5.74) is 0.793. The number of carbonyl (C=O) groups excluding carboxylic acids is 6. The van der Waals surface area contributed by atoms with E-state index in [0.29, 0.717) is 12.2 Å². The molecule has 3 atom stereocenters. The lowest BCUT2D eigenvalue weighted by atomic mass is 10.1. The van der Waals surface area contributed by atoms with Crippen LogP contribution in [0.5, 0.6) is 0 Å². The summed E-state index contributed by atoms with van der Waals surface area (Å²) in [6.45, 7) is 2.13. The van der Waals surface area contributed by atoms with Gasteiger partial charge >= 0.3 is 11.9 Å². The highest BCUT2D eigenvalue weighted by Crippen LogP contribution is 2.33. The molecule has 13 nitrogen and oxygen atoms in total. The molecule has 2 aliphatic heterocycles. The van der Waals surface area contributed by atoms with Crippen LogP contribution in [0.25, 0.3) is 0 Å². The van der Waals surface area contributed by atoms with Crippen LogP contribution < -0.4 is 20.4 Å². The number of anilines is 2. The van der Waals surface area contributed by atoms with Gasteiger partial charge in [-0.05, 0) is 30.7 Å². The molecule has 2 aliphatic rings. The lowest BCUT2D eigenvalue weighted by molar-refractivity contribution is -0.165. The molecule has 0 bridgehead atoms. The zero-order valence-electron chi connectivity index (χ0n) is 23.9. The lowest BCUT2D eigenvalue weighted by Gasteiger charge is -2.26. The number of ether oxygens (including phenoxy) is 3. The first-order valence-corrected chi connectivity index (χ1v) is 14.0. The number of benzene rings is 2. The number of hydrogen-bond donors (Lipinski definition) is 2. The molecule has 2 aromatic carbocycles. The first-order valence-electron chi connectivity index (χ1n) is 14.0. The fourth-order valence-corrected chi connectivity index (χ4v) is 4.71. The quantitative estimate of drug-likeness (QED) is 0.289. The highest BCUT2D eigenvalue weighted by Gasteiger charge is 2.40. The minimum atomic E-state index is -1.27. The van der Waals surface area contributed by atoms with E-state index in [-0.39, 0.29) is 24.3 Å². The Balaban J connectivity index is 1.61. The molecule has 0 aromatic heterocycles. The predicted octanol–water partition coefficient (Wildman–Crippen LogP) is 1.30. The molecular formula is C30H34N4O9. The highest BCUT2D eigenvalue weighted by atomic mass is 16.7. The molecule has 2 heterocycles. The van der Waals surface area contributed by atoms with E-state index in [1.54, 1.807) is 54.6 Å². The summed E-state index contributed by atoms with van der Waals surface area (Å²) in [6.07, 6.45) is 0.566. The molecule has 0 aliphatic carbocycles. The van der Waals surface area contributed by atoms with Crippen molar-refractivity contribution in [1.29, 1.82) is 0 Å². The fraction of sp³-hybridized carbons (Fsp3) is 0.400. The molecule has 2 N–H and O–H groups in total. The van der Waals surface area contributed by atoms with Gasteiger partial charge in [0.1, 0.15) is 18.6 Å². The first kappa shape index (κ1) is 31.2. The average Bonchev–Trinajstić information content (AvgIpc) is 3.29. The second-order valence-corrected chi connectivity index (χ2v) is 10.1. The molecule has 1 saturated heterocycles. The van der Waals surface area contributed by atoms with Crippen molar-refractivity contribution in [3.05, 3.63) is 60.2 Å². The van der Waals surface area contributed by atoms with Crippen LogP contribution >= 0.6 is 0 Å². The van der Waals surface area contributed by atoms with Crippen LogP contribution in [0.15, 0.2) is 54.6 Å². The number of esters is 2. The van der Waals surface area contributed by atoms with Gasteiger partial charge < -0.3 is 29.7 Å². The maximum Gasteiger partial charge on any atom is 0.310 e. The Labute approximate surface area is 248 Å². The van der Waals surface area contributed by atoms with Crippen molar-refractivity contribution in [3.63, 3.8) is 0 Å². The SMILES string of the molecule is CCCCO[C@@H]1OC(=O)C[C@@H]1NC(=O)CN1C(=O)[C@@H](NC(=O)c2ccccc2)CN(C(=O)COC(C)=O)c2ccccc21. The van der Waals surface area contributed by atoms with E-state index in [9.17, 15) is 28.8 Å². The lowest BCUT2D eigenvalue weighted by Crippen LogP contribution is -2.55. The maximum atomic E-state index is 14.0. The van der Waals surface area contributed by atoms with Gasteiger partial charge in [-0.1, -0.05) is 43.7 Å².